The predicted octanol–water partition coefficient (Wildman–Crippen LogP) is 1.91. The molecule has 9 heteroatoms. The van der Waals surface area contributed by atoms with Gasteiger partial charge in [0.1, 0.15) is 10.8 Å². The van der Waals surface area contributed by atoms with Crippen LogP contribution in [0.2, 0.25) is 0 Å². The Kier molecular flexibility index (Phi) is 4.76. The van der Waals surface area contributed by atoms with Crippen LogP contribution in [0.15, 0.2) is 24.3 Å². The molecule has 2 aliphatic heterocycles. The van der Waals surface area contributed by atoms with Gasteiger partial charge in [-0.25, -0.2) is 4.39 Å². The van der Waals surface area contributed by atoms with Crippen LogP contribution in [0.4, 0.5) is 15.1 Å². The Labute approximate surface area is 165 Å². The molecule has 2 aromatic rings. The zero-order valence-electron chi connectivity index (χ0n) is 15.3. The van der Waals surface area contributed by atoms with E-state index in [0.29, 0.717) is 35.8 Å². The number of anilines is 2. The lowest BCUT2D eigenvalue weighted by Crippen LogP contribution is -2.39. The topological polar surface area (TPSA) is 81.8 Å². The summed E-state index contributed by atoms with van der Waals surface area (Å²) in [6.45, 7) is 1.05. The maximum Gasteiger partial charge on any atom is 0.257 e. The third-order valence-corrected chi connectivity index (χ3v) is 6.02. The number of hydrogen-bond acceptors (Lipinski definition) is 5. The molecule has 2 aliphatic rings. The molecule has 1 aromatic carbocycles. The number of thiophene rings is 1. The van der Waals surface area contributed by atoms with Crippen molar-refractivity contribution >= 4 is 39.7 Å². The fourth-order valence-corrected chi connectivity index (χ4v) is 4.70. The van der Waals surface area contributed by atoms with Crippen LogP contribution < -0.4 is 10.6 Å². The van der Waals surface area contributed by atoms with Crippen LogP contribution in [-0.2, 0) is 22.6 Å². The highest BCUT2D eigenvalue weighted by Gasteiger charge is 2.33. The fraction of sp³-hybridized carbons (Fsp3) is 0.316. The minimum absolute atomic E-state index is 0.0364. The molecule has 146 valence electrons. The Morgan fingerprint density at radius 3 is 2.75 bits per heavy atom. The van der Waals surface area contributed by atoms with Crippen LogP contribution in [0.5, 0.6) is 0 Å². The second-order valence-electron chi connectivity index (χ2n) is 6.84. The molecular formula is C19H19FN4O3S. The average molecular weight is 402 g/mol. The number of carbonyl (C=O) groups is 3. The van der Waals surface area contributed by atoms with Gasteiger partial charge in [0.05, 0.1) is 25.2 Å². The summed E-state index contributed by atoms with van der Waals surface area (Å²) in [7, 11) is 1.61. The van der Waals surface area contributed by atoms with E-state index < -0.39 is 0 Å². The largest absolute Gasteiger partial charge is 0.376 e. The van der Waals surface area contributed by atoms with Gasteiger partial charge >= 0.3 is 0 Å². The molecule has 0 radical (unpaired) electrons. The van der Waals surface area contributed by atoms with E-state index >= 15 is 0 Å². The molecule has 0 fully saturated rings. The van der Waals surface area contributed by atoms with Gasteiger partial charge in [-0.1, -0.05) is 0 Å². The number of halogens is 1. The number of amides is 3. The first-order valence-corrected chi connectivity index (χ1v) is 9.71. The van der Waals surface area contributed by atoms with Crippen LogP contribution >= 0.6 is 11.3 Å². The van der Waals surface area contributed by atoms with E-state index in [9.17, 15) is 18.8 Å². The molecule has 7 nitrogen and oxygen atoms in total. The fourth-order valence-electron chi connectivity index (χ4n) is 3.43. The molecule has 0 spiro atoms. The van der Waals surface area contributed by atoms with E-state index in [1.165, 1.54) is 28.4 Å². The first-order valence-electron chi connectivity index (χ1n) is 8.89. The van der Waals surface area contributed by atoms with E-state index in [2.05, 4.69) is 10.6 Å². The van der Waals surface area contributed by atoms with Gasteiger partial charge in [0.25, 0.3) is 5.91 Å². The Bertz CT molecular complexity index is 957. The van der Waals surface area contributed by atoms with Crippen molar-refractivity contribution in [2.24, 2.45) is 0 Å². The third-order valence-electron chi connectivity index (χ3n) is 4.89. The first kappa shape index (κ1) is 18.4. The Morgan fingerprint density at radius 2 is 2.00 bits per heavy atom. The number of benzene rings is 1. The molecule has 4 rings (SSSR count). The molecule has 0 saturated carbocycles. The maximum atomic E-state index is 13.0. The van der Waals surface area contributed by atoms with Gasteiger partial charge in [-0.2, -0.15) is 0 Å². The Hall–Kier alpha value is -2.94. The molecule has 0 bridgehead atoms. The lowest BCUT2D eigenvalue weighted by Gasteiger charge is -2.28. The van der Waals surface area contributed by atoms with Crippen LogP contribution in [0.25, 0.3) is 0 Å². The number of rotatable bonds is 3. The molecule has 3 heterocycles. The summed E-state index contributed by atoms with van der Waals surface area (Å²) in [5, 5.41) is 6.38. The SMILES string of the molecule is CN1CC(=O)Nc2sc3c(c2C1=O)CCN(C(=O)CNc1ccc(F)cc1)C3. The number of hydrogen-bond donors (Lipinski definition) is 2. The molecule has 0 unspecified atom stereocenters. The van der Waals surface area contributed by atoms with Crippen molar-refractivity contribution in [1.82, 2.24) is 9.80 Å². The van der Waals surface area contributed by atoms with E-state index in [4.69, 9.17) is 0 Å². The molecule has 0 aliphatic carbocycles. The molecule has 3 amide bonds. The average Bonchev–Trinajstić information content (AvgIpc) is 2.98. The van der Waals surface area contributed by atoms with Crippen LogP contribution in [0.3, 0.4) is 0 Å². The van der Waals surface area contributed by atoms with Crippen LogP contribution in [0.1, 0.15) is 20.8 Å². The number of fused-ring (bicyclic) bond motifs is 3. The van der Waals surface area contributed by atoms with Crippen molar-refractivity contribution < 1.29 is 18.8 Å². The molecule has 28 heavy (non-hydrogen) atoms. The van der Waals surface area contributed by atoms with Gasteiger partial charge in [-0.3, -0.25) is 14.4 Å². The number of likely N-dealkylation sites (N-methyl/N-ethyl adjacent to an activating group) is 1. The van der Waals surface area contributed by atoms with E-state index in [0.717, 1.165) is 10.4 Å². The minimum atomic E-state index is -0.329. The zero-order valence-corrected chi connectivity index (χ0v) is 16.1. The highest BCUT2D eigenvalue weighted by molar-refractivity contribution is 7.17. The summed E-state index contributed by atoms with van der Waals surface area (Å²) in [5.74, 6) is -0.788. The van der Waals surface area contributed by atoms with Crippen molar-refractivity contribution in [3.63, 3.8) is 0 Å². The highest BCUT2D eigenvalue weighted by Crippen LogP contribution is 2.38. The van der Waals surface area contributed by atoms with Gasteiger partial charge in [0, 0.05) is 24.2 Å². The van der Waals surface area contributed by atoms with Gasteiger partial charge in [0.2, 0.25) is 11.8 Å². The van der Waals surface area contributed by atoms with Gasteiger partial charge in [0.15, 0.2) is 0 Å². The third kappa shape index (κ3) is 3.45. The molecule has 1 aromatic heterocycles. The maximum absolute atomic E-state index is 13.0. The summed E-state index contributed by atoms with van der Waals surface area (Å²) in [6, 6.07) is 5.83. The number of nitrogens with zero attached hydrogens (tertiary/aromatic N) is 2. The molecule has 0 atom stereocenters. The van der Waals surface area contributed by atoms with Crippen molar-refractivity contribution in [3.8, 4) is 0 Å². The lowest BCUT2D eigenvalue weighted by atomic mass is 10.0. The van der Waals surface area contributed by atoms with E-state index in [1.54, 1.807) is 24.1 Å². The van der Waals surface area contributed by atoms with Crippen LogP contribution in [-0.4, -0.2) is 54.2 Å². The quantitative estimate of drug-likeness (QED) is 0.822. The Balaban J connectivity index is 1.47. The molecular weight excluding hydrogens is 383 g/mol. The normalized spacial score (nSPS) is 16.2. The number of nitrogens with one attached hydrogen (secondary N) is 2. The van der Waals surface area contributed by atoms with E-state index in [-0.39, 0.29) is 36.6 Å². The molecule has 0 saturated heterocycles. The predicted molar refractivity (Wildman–Crippen MR) is 104 cm³/mol. The number of carbonyl (C=O) groups excluding carboxylic acids is 3. The van der Waals surface area contributed by atoms with Crippen LogP contribution in [0, 0.1) is 5.82 Å². The highest BCUT2D eigenvalue weighted by atomic mass is 32.1. The van der Waals surface area contributed by atoms with Gasteiger partial charge in [-0.15, -0.1) is 11.3 Å². The van der Waals surface area contributed by atoms with Crippen molar-refractivity contribution in [2.75, 3.05) is 37.3 Å². The minimum Gasteiger partial charge on any atom is -0.376 e. The monoisotopic (exact) mass is 402 g/mol. The standard InChI is InChI=1S/C19H19FN4O3S/c1-23-10-15(25)22-18-17(19(23)27)13-6-7-24(9-14(13)28-18)16(26)8-21-12-4-2-11(20)3-5-12/h2-5,21H,6-10H2,1H3,(H,22,25). The van der Waals surface area contributed by atoms with Gasteiger partial charge in [-0.05, 0) is 36.2 Å². The summed E-state index contributed by atoms with van der Waals surface area (Å²) < 4.78 is 13.0. The summed E-state index contributed by atoms with van der Waals surface area (Å²) >= 11 is 1.36. The second-order valence-corrected chi connectivity index (χ2v) is 7.95. The zero-order chi connectivity index (χ0) is 19.8. The van der Waals surface area contributed by atoms with Crippen molar-refractivity contribution in [1.29, 1.82) is 0 Å². The lowest BCUT2D eigenvalue weighted by molar-refractivity contribution is -0.130. The van der Waals surface area contributed by atoms with Crippen molar-refractivity contribution in [2.45, 2.75) is 13.0 Å². The summed E-state index contributed by atoms with van der Waals surface area (Å²) in [5.41, 5.74) is 2.16. The van der Waals surface area contributed by atoms with Gasteiger partial charge < -0.3 is 20.4 Å². The van der Waals surface area contributed by atoms with E-state index in [1.807, 2.05) is 0 Å². The first-order chi connectivity index (χ1) is 13.4. The van der Waals surface area contributed by atoms with Crippen molar-refractivity contribution in [3.05, 3.63) is 46.1 Å². The smallest absolute Gasteiger partial charge is 0.257 e. The second kappa shape index (κ2) is 7.23. The summed E-state index contributed by atoms with van der Waals surface area (Å²) in [4.78, 5) is 41.2. The Morgan fingerprint density at radius 1 is 1.25 bits per heavy atom. The summed E-state index contributed by atoms with van der Waals surface area (Å²) in [6.07, 6.45) is 0.568. The molecule has 2 N–H and O–H groups in total.